The number of benzene rings is 1. The maximum atomic E-state index is 11.6. The number of rotatable bonds is 3. The van der Waals surface area contributed by atoms with E-state index in [9.17, 15) is 4.79 Å². The van der Waals surface area contributed by atoms with Crippen LogP contribution in [0.15, 0.2) is 18.2 Å². The van der Waals surface area contributed by atoms with E-state index in [2.05, 4.69) is 0 Å². The molecule has 0 spiro atoms. The smallest absolute Gasteiger partial charge is 0.166 e. The molecule has 0 radical (unpaired) electrons. The molecule has 0 aliphatic heterocycles. The van der Waals surface area contributed by atoms with Crippen molar-refractivity contribution in [3.05, 3.63) is 28.8 Å². The normalized spacial score (nSPS) is 12.5. The molecule has 14 heavy (non-hydrogen) atoms. The molecule has 4 N–H and O–H groups in total. The Morgan fingerprint density at radius 2 is 2.21 bits per heavy atom. The first-order valence-corrected chi connectivity index (χ1v) is 4.72. The second-order valence-electron chi connectivity index (χ2n) is 3.34. The molecule has 0 bridgehead atoms. The van der Waals surface area contributed by atoms with Gasteiger partial charge in [0.25, 0.3) is 0 Å². The van der Waals surface area contributed by atoms with Gasteiger partial charge in [-0.1, -0.05) is 11.6 Å². The molecule has 0 aliphatic rings. The number of carbonyl (C=O) groups is 1. The molecule has 0 saturated carbocycles. The Hall–Kier alpha value is -1.06. The van der Waals surface area contributed by atoms with Gasteiger partial charge in [-0.2, -0.15) is 0 Å². The lowest BCUT2D eigenvalue weighted by molar-refractivity contribution is 0.0977. The van der Waals surface area contributed by atoms with Gasteiger partial charge >= 0.3 is 0 Å². The molecule has 0 amide bonds. The molecule has 76 valence electrons. The molecule has 0 saturated heterocycles. The Morgan fingerprint density at radius 3 is 2.71 bits per heavy atom. The summed E-state index contributed by atoms with van der Waals surface area (Å²) in [5.74, 6) is -0.0471. The minimum absolute atomic E-state index is 0.0471. The first-order valence-electron chi connectivity index (χ1n) is 4.34. The summed E-state index contributed by atoms with van der Waals surface area (Å²) in [5, 5.41) is 0.528. The summed E-state index contributed by atoms with van der Waals surface area (Å²) in [6, 6.07) is 4.68. The Kier molecular flexibility index (Phi) is 3.49. The number of anilines is 1. The highest BCUT2D eigenvalue weighted by Gasteiger charge is 2.11. The summed E-state index contributed by atoms with van der Waals surface area (Å²) >= 11 is 5.71. The van der Waals surface area contributed by atoms with Gasteiger partial charge in [-0.25, -0.2) is 0 Å². The molecule has 3 nitrogen and oxygen atoms in total. The highest BCUT2D eigenvalue weighted by Crippen LogP contribution is 2.19. The third-order valence-corrected chi connectivity index (χ3v) is 2.06. The molecule has 1 atom stereocenters. The zero-order valence-corrected chi connectivity index (χ0v) is 8.71. The molecule has 4 heteroatoms. The molecule has 1 rings (SSSR count). The number of nitrogens with two attached hydrogens (primary N) is 2. The Bertz CT molecular complexity index is 350. The molecule has 0 aliphatic carbocycles. The number of nitrogen functional groups attached to an aromatic ring is 1. The van der Waals surface area contributed by atoms with Crippen LogP contribution in [0.25, 0.3) is 0 Å². The minimum atomic E-state index is -0.155. The monoisotopic (exact) mass is 212 g/mol. The lowest BCUT2D eigenvalue weighted by Gasteiger charge is -2.06. The van der Waals surface area contributed by atoms with Crippen LogP contribution in [0.3, 0.4) is 0 Å². The van der Waals surface area contributed by atoms with Crippen LogP contribution in [0, 0.1) is 0 Å². The number of Topliss-reactive ketones (excluding diaryl/α,β-unsaturated/α-hetero) is 1. The van der Waals surface area contributed by atoms with Gasteiger partial charge < -0.3 is 11.5 Å². The third-order valence-electron chi connectivity index (χ3n) is 1.82. The molecule has 0 heterocycles. The second-order valence-corrected chi connectivity index (χ2v) is 3.77. The summed E-state index contributed by atoms with van der Waals surface area (Å²) in [5.41, 5.74) is 12.1. The van der Waals surface area contributed by atoms with Crippen molar-refractivity contribution in [2.45, 2.75) is 19.4 Å². The van der Waals surface area contributed by atoms with Crippen LogP contribution in [-0.2, 0) is 0 Å². The highest BCUT2D eigenvalue weighted by molar-refractivity contribution is 6.31. The van der Waals surface area contributed by atoms with Gasteiger partial charge in [-0.15, -0.1) is 0 Å². The van der Waals surface area contributed by atoms with E-state index in [1.54, 1.807) is 25.1 Å². The summed E-state index contributed by atoms with van der Waals surface area (Å²) in [6.07, 6.45) is 0.297. The van der Waals surface area contributed by atoms with Crippen molar-refractivity contribution in [3.63, 3.8) is 0 Å². The maximum Gasteiger partial charge on any atom is 0.166 e. The maximum absolute atomic E-state index is 11.6. The number of hydrogen-bond donors (Lipinski definition) is 2. The fraction of sp³-hybridized carbons (Fsp3) is 0.300. The van der Waals surface area contributed by atoms with E-state index in [0.29, 0.717) is 22.7 Å². The topological polar surface area (TPSA) is 69.1 Å². The van der Waals surface area contributed by atoms with E-state index in [1.165, 1.54) is 0 Å². The summed E-state index contributed by atoms with van der Waals surface area (Å²) in [7, 11) is 0. The van der Waals surface area contributed by atoms with E-state index in [0.717, 1.165) is 0 Å². The van der Waals surface area contributed by atoms with Crippen molar-refractivity contribution in [2.24, 2.45) is 5.73 Å². The lowest BCUT2D eigenvalue weighted by atomic mass is 10.0. The van der Waals surface area contributed by atoms with Crippen LogP contribution < -0.4 is 11.5 Å². The summed E-state index contributed by atoms with van der Waals surface area (Å²) in [6.45, 7) is 1.78. The average molecular weight is 213 g/mol. The third kappa shape index (κ3) is 2.72. The minimum Gasteiger partial charge on any atom is -0.398 e. The van der Waals surface area contributed by atoms with Crippen molar-refractivity contribution < 1.29 is 4.79 Å². The van der Waals surface area contributed by atoms with Crippen LogP contribution >= 0.6 is 11.6 Å². The van der Waals surface area contributed by atoms with Crippen molar-refractivity contribution in [2.75, 3.05) is 5.73 Å². The van der Waals surface area contributed by atoms with Gasteiger partial charge in [0.15, 0.2) is 5.78 Å². The van der Waals surface area contributed by atoms with Crippen molar-refractivity contribution in [3.8, 4) is 0 Å². The SMILES string of the molecule is CC(N)CC(=O)c1ccc(Cl)cc1N. The van der Waals surface area contributed by atoms with Crippen LogP contribution in [0.5, 0.6) is 0 Å². The largest absolute Gasteiger partial charge is 0.398 e. The van der Waals surface area contributed by atoms with Crippen LogP contribution in [0.1, 0.15) is 23.7 Å². The molecule has 1 aromatic carbocycles. The fourth-order valence-corrected chi connectivity index (χ4v) is 1.37. The van der Waals surface area contributed by atoms with Crippen molar-refractivity contribution in [1.29, 1.82) is 0 Å². The van der Waals surface area contributed by atoms with Gasteiger partial charge in [0.2, 0.25) is 0 Å². The highest BCUT2D eigenvalue weighted by atomic mass is 35.5. The van der Waals surface area contributed by atoms with Gasteiger partial charge in [0.1, 0.15) is 0 Å². The fourth-order valence-electron chi connectivity index (χ4n) is 1.19. The number of carbonyl (C=O) groups excluding carboxylic acids is 1. The zero-order chi connectivity index (χ0) is 10.7. The molecule has 1 aromatic rings. The molecule has 0 fully saturated rings. The average Bonchev–Trinajstić information content (AvgIpc) is 2.01. The second kappa shape index (κ2) is 4.44. The number of halogens is 1. The quantitative estimate of drug-likeness (QED) is 0.594. The predicted octanol–water partition coefficient (Wildman–Crippen LogP) is 1.84. The Balaban J connectivity index is 2.90. The number of hydrogen-bond acceptors (Lipinski definition) is 3. The zero-order valence-electron chi connectivity index (χ0n) is 7.96. The summed E-state index contributed by atoms with van der Waals surface area (Å²) < 4.78 is 0. The van der Waals surface area contributed by atoms with Crippen LogP contribution in [0.4, 0.5) is 5.69 Å². The van der Waals surface area contributed by atoms with Crippen LogP contribution in [-0.4, -0.2) is 11.8 Å². The summed E-state index contributed by atoms with van der Waals surface area (Å²) in [4.78, 5) is 11.6. The number of ketones is 1. The predicted molar refractivity (Wildman–Crippen MR) is 58.5 cm³/mol. The van der Waals surface area contributed by atoms with E-state index in [4.69, 9.17) is 23.1 Å². The standard InChI is InChI=1S/C10H13ClN2O/c1-6(12)4-10(14)8-3-2-7(11)5-9(8)13/h2-3,5-6H,4,12-13H2,1H3. The molecule has 1 unspecified atom stereocenters. The van der Waals surface area contributed by atoms with Gasteiger partial charge in [0.05, 0.1) is 0 Å². The van der Waals surface area contributed by atoms with Gasteiger partial charge in [-0.05, 0) is 25.1 Å². The Labute approximate surface area is 88.0 Å². The van der Waals surface area contributed by atoms with Crippen LogP contribution in [0.2, 0.25) is 5.02 Å². The van der Waals surface area contributed by atoms with E-state index >= 15 is 0 Å². The molecule has 0 aromatic heterocycles. The van der Waals surface area contributed by atoms with Crippen molar-refractivity contribution >= 4 is 23.1 Å². The van der Waals surface area contributed by atoms with Crippen molar-refractivity contribution in [1.82, 2.24) is 0 Å². The first kappa shape index (κ1) is 11.0. The molecular weight excluding hydrogens is 200 g/mol. The molecular formula is C10H13ClN2O. The van der Waals surface area contributed by atoms with Gasteiger partial charge in [0, 0.05) is 28.7 Å². The first-order chi connectivity index (χ1) is 6.50. The van der Waals surface area contributed by atoms with Gasteiger partial charge in [-0.3, -0.25) is 4.79 Å². The lowest BCUT2D eigenvalue weighted by Crippen LogP contribution is -2.20. The van der Waals surface area contributed by atoms with E-state index < -0.39 is 0 Å². The van der Waals surface area contributed by atoms with E-state index in [-0.39, 0.29) is 11.8 Å². The Morgan fingerprint density at radius 1 is 1.57 bits per heavy atom. The van der Waals surface area contributed by atoms with E-state index in [1.807, 2.05) is 0 Å².